The third-order valence-electron chi connectivity index (χ3n) is 1.96. The molecule has 7 heteroatoms. The Bertz CT molecular complexity index is 569. The zero-order valence-electron chi connectivity index (χ0n) is 9.15. The zero-order valence-corrected chi connectivity index (χ0v) is 12.3. The van der Waals surface area contributed by atoms with Crippen LogP contribution in [0.3, 0.4) is 0 Å². The van der Waals surface area contributed by atoms with Gasteiger partial charge in [0.1, 0.15) is 0 Å². The van der Waals surface area contributed by atoms with Crippen LogP contribution in [0.1, 0.15) is 9.67 Å². The summed E-state index contributed by atoms with van der Waals surface area (Å²) in [6, 6.07) is 7.33. The first-order chi connectivity index (χ1) is 8.60. The van der Waals surface area contributed by atoms with E-state index < -0.39 is 5.97 Å². The number of carbonyl (C=O) groups is 1. The van der Waals surface area contributed by atoms with Gasteiger partial charge in [0.15, 0.2) is 14.4 Å². The molecule has 0 radical (unpaired) electrons. The molecule has 0 saturated carbocycles. The molecule has 0 amide bonds. The second-order valence-electron chi connectivity index (χ2n) is 3.15. The van der Waals surface area contributed by atoms with Gasteiger partial charge >= 0.3 is 5.97 Å². The van der Waals surface area contributed by atoms with E-state index in [4.69, 9.17) is 23.2 Å². The van der Waals surface area contributed by atoms with Crippen molar-refractivity contribution in [2.45, 2.75) is 9.24 Å². The van der Waals surface area contributed by atoms with Crippen LogP contribution in [-0.2, 0) is 4.74 Å². The van der Waals surface area contributed by atoms with E-state index in [-0.39, 0.29) is 5.15 Å². The third-order valence-corrected chi connectivity index (χ3v) is 4.70. The summed E-state index contributed by atoms with van der Waals surface area (Å²) in [4.78, 5) is 16.8. The lowest BCUT2D eigenvalue weighted by atomic mass is 10.4. The number of aromatic nitrogens is 1. The second kappa shape index (κ2) is 5.93. The average Bonchev–Trinajstić information content (AvgIpc) is 2.72. The smallest absolute Gasteiger partial charge is 0.351 e. The highest BCUT2D eigenvalue weighted by atomic mass is 35.5. The quantitative estimate of drug-likeness (QED) is 0.787. The molecule has 0 aliphatic carbocycles. The Morgan fingerprint density at radius 2 is 2.00 bits per heavy atom. The lowest BCUT2D eigenvalue weighted by molar-refractivity contribution is 0.0606. The summed E-state index contributed by atoms with van der Waals surface area (Å²) in [5.74, 6) is -0.472. The number of hydrogen-bond donors (Lipinski definition) is 0. The Hall–Kier alpha value is -0.750. The van der Waals surface area contributed by atoms with Gasteiger partial charge < -0.3 is 4.74 Å². The number of carbonyl (C=O) groups excluding carboxylic acids is 1. The Morgan fingerprint density at radius 1 is 1.33 bits per heavy atom. The number of ether oxygens (including phenoxy) is 1. The van der Waals surface area contributed by atoms with Crippen molar-refractivity contribution in [3.63, 3.8) is 0 Å². The first-order valence-corrected chi connectivity index (χ1v) is 7.17. The molecule has 1 aromatic heterocycles. The molecule has 1 heterocycles. The van der Waals surface area contributed by atoms with Crippen molar-refractivity contribution in [1.29, 1.82) is 0 Å². The molecule has 0 fully saturated rings. The molecule has 0 spiro atoms. The van der Waals surface area contributed by atoms with Crippen molar-refractivity contribution >= 4 is 52.3 Å². The summed E-state index contributed by atoms with van der Waals surface area (Å²) < 4.78 is 5.30. The van der Waals surface area contributed by atoms with Crippen molar-refractivity contribution in [3.8, 4) is 0 Å². The summed E-state index contributed by atoms with van der Waals surface area (Å²) in [7, 11) is 1.31. The van der Waals surface area contributed by atoms with Gasteiger partial charge in [-0.25, -0.2) is 9.78 Å². The molecule has 18 heavy (non-hydrogen) atoms. The Morgan fingerprint density at radius 3 is 2.61 bits per heavy atom. The summed E-state index contributed by atoms with van der Waals surface area (Å²) in [6.45, 7) is 0. The van der Waals surface area contributed by atoms with Crippen molar-refractivity contribution in [2.75, 3.05) is 7.11 Å². The van der Waals surface area contributed by atoms with Crippen molar-refractivity contribution in [1.82, 2.24) is 4.98 Å². The highest BCUT2D eigenvalue weighted by Crippen LogP contribution is 2.35. The van der Waals surface area contributed by atoms with Gasteiger partial charge in [-0.15, -0.1) is 0 Å². The van der Waals surface area contributed by atoms with Crippen LogP contribution in [-0.4, -0.2) is 18.1 Å². The second-order valence-corrected chi connectivity index (χ2v) is 6.26. The molecule has 0 bridgehead atoms. The van der Waals surface area contributed by atoms with Crippen LogP contribution >= 0.6 is 46.3 Å². The van der Waals surface area contributed by atoms with Crippen LogP contribution in [0.2, 0.25) is 10.2 Å². The predicted octanol–water partition coefficient (Wildman–Crippen LogP) is 4.39. The molecule has 0 aliphatic rings. The highest BCUT2D eigenvalue weighted by Gasteiger charge is 2.17. The molecule has 1 aromatic carbocycles. The average molecular weight is 320 g/mol. The molecule has 2 rings (SSSR count). The number of thiazole rings is 1. The first kappa shape index (κ1) is 13.7. The number of halogens is 2. The molecule has 0 saturated heterocycles. The normalized spacial score (nSPS) is 10.4. The minimum Gasteiger partial charge on any atom is -0.465 e. The summed E-state index contributed by atoms with van der Waals surface area (Å²) in [5, 5.41) is 0.843. The van der Waals surface area contributed by atoms with Crippen LogP contribution in [0.15, 0.2) is 33.5 Å². The van der Waals surface area contributed by atoms with Crippen LogP contribution in [0, 0.1) is 0 Å². The Balaban J connectivity index is 2.20. The van der Waals surface area contributed by atoms with Gasteiger partial charge in [0.05, 0.1) is 7.11 Å². The minimum atomic E-state index is -0.472. The van der Waals surface area contributed by atoms with E-state index in [9.17, 15) is 4.79 Å². The molecule has 0 unspecified atom stereocenters. The van der Waals surface area contributed by atoms with E-state index in [0.717, 1.165) is 4.90 Å². The van der Waals surface area contributed by atoms with E-state index >= 15 is 0 Å². The summed E-state index contributed by atoms with van der Waals surface area (Å²) in [6.07, 6.45) is 0. The van der Waals surface area contributed by atoms with E-state index in [1.165, 1.54) is 30.2 Å². The molecular weight excluding hydrogens is 313 g/mol. The number of methoxy groups -OCH3 is 1. The molecule has 0 aliphatic heterocycles. The van der Waals surface area contributed by atoms with Crippen LogP contribution in [0.25, 0.3) is 0 Å². The van der Waals surface area contributed by atoms with Crippen LogP contribution in [0.4, 0.5) is 0 Å². The number of benzene rings is 1. The predicted molar refractivity (Wildman–Crippen MR) is 74.0 cm³/mol. The SMILES string of the molecule is COC(=O)c1sc(Sc2ccc(Cl)cc2)nc1Cl. The molecule has 3 nitrogen and oxygen atoms in total. The fraction of sp³-hybridized carbons (Fsp3) is 0.0909. The number of rotatable bonds is 3. The maximum absolute atomic E-state index is 11.4. The van der Waals surface area contributed by atoms with Gasteiger partial charge in [0.25, 0.3) is 0 Å². The Kier molecular flexibility index (Phi) is 4.50. The van der Waals surface area contributed by atoms with Gasteiger partial charge in [-0.3, -0.25) is 0 Å². The first-order valence-electron chi connectivity index (χ1n) is 4.78. The zero-order chi connectivity index (χ0) is 13.1. The largest absolute Gasteiger partial charge is 0.465 e. The Labute approximate surface area is 122 Å². The van der Waals surface area contributed by atoms with E-state index in [1.54, 1.807) is 12.1 Å². The fourth-order valence-corrected chi connectivity index (χ4v) is 3.58. The van der Waals surface area contributed by atoms with E-state index in [2.05, 4.69) is 9.72 Å². The van der Waals surface area contributed by atoms with Crippen LogP contribution in [0.5, 0.6) is 0 Å². The van der Waals surface area contributed by atoms with Gasteiger partial charge in [-0.1, -0.05) is 46.3 Å². The maximum atomic E-state index is 11.4. The monoisotopic (exact) mass is 319 g/mol. The maximum Gasteiger partial charge on any atom is 0.351 e. The minimum absolute atomic E-state index is 0.170. The van der Waals surface area contributed by atoms with Crippen LogP contribution < -0.4 is 0 Å². The number of esters is 1. The topological polar surface area (TPSA) is 39.2 Å². The number of nitrogens with zero attached hydrogens (tertiary/aromatic N) is 1. The van der Waals surface area contributed by atoms with Gasteiger partial charge in [0.2, 0.25) is 0 Å². The lowest BCUT2D eigenvalue weighted by Gasteiger charge is -1.96. The van der Waals surface area contributed by atoms with E-state index in [0.29, 0.717) is 14.2 Å². The molecule has 0 atom stereocenters. The highest BCUT2D eigenvalue weighted by molar-refractivity contribution is 8.01. The fourth-order valence-electron chi connectivity index (χ4n) is 1.15. The molecule has 2 aromatic rings. The van der Waals surface area contributed by atoms with Crippen molar-refractivity contribution in [3.05, 3.63) is 39.3 Å². The summed E-state index contributed by atoms with van der Waals surface area (Å²) in [5.41, 5.74) is 0. The third kappa shape index (κ3) is 3.17. The lowest BCUT2D eigenvalue weighted by Crippen LogP contribution is -1.98. The van der Waals surface area contributed by atoms with Gasteiger partial charge in [-0.2, -0.15) is 0 Å². The number of hydrogen-bond acceptors (Lipinski definition) is 5. The standard InChI is InChI=1S/C11H7Cl2NO2S2/c1-16-10(15)8-9(13)14-11(18-8)17-7-4-2-6(12)3-5-7/h2-5H,1H3. The van der Waals surface area contributed by atoms with Crippen molar-refractivity contribution in [2.24, 2.45) is 0 Å². The molecular formula is C11H7Cl2NO2S2. The molecule has 94 valence electrons. The molecule has 0 N–H and O–H groups in total. The van der Waals surface area contributed by atoms with Crippen molar-refractivity contribution < 1.29 is 9.53 Å². The van der Waals surface area contributed by atoms with Gasteiger partial charge in [0, 0.05) is 9.92 Å². The van der Waals surface area contributed by atoms with Gasteiger partial charge in [-0.05, 0) is 24.3 Å². The van der Waals surface area contributed by atoms with E-state index in [1.807, 2.05) is 12.1 Å². The summed E-state index contributed by atoms with van der Waals surface area (Å²) >= 11 is 14.3.